The van der Waals surface area contributed by atoms with Crippen molar-refractivity contribution in [2.45, 2.75) is 6.92 Å². The molecule has 0 saturated heterocycles. The second-order valence-electron chi connectivity index (χ2n) is 4.88. The van der Waals surface area contributed by atoms with Crippen molar-refractivity contribution in [1.82, 2.24) is 10.2 Å². The van der Waals surface area contributed by atoms with Gasteiger partial charge in [0, 0.05) is 30.8 Å². The fourth-order valence-corrected chi connectivity index (χ4v) is 1.82. The molecule has 0 aliphatic heterocycles. The molecule has 0 heterocycles. The normalized spacial score (nSPS) is 12.2. The molecule has 0 unspecified atom stereocenters. The van der Waals surface area contributed by atoms with Crippen molar-refractivity contribution in [3.63, 3.8) is 0 Å². The minimum absolute atomic E-state index is 0.0750. The Morgan fingerprint density at radius 2 is 2.16 bits per heavy atom. The van der Waals surface area contributed by atoms with E-state index in [4.69, 9.17) is 0 Å². The summed E-state index contributed by atoms with van der Waals surface area (Å²) in [6, 6.07) is 5.73. The summed E-state index contributed by atoms with van der Waals surface area (Å²) in [7, 11) is 3.94. The van der Waals surface area contributed by atoms with Crippen LogP contribution in [0.25, 0.3) is 0 Å². The number of non-ortho nitro benzene ring substituents is 1. The first-order valence-corrected chi connectivity index (χ1v) is 6.07. The van der Waals surface area contributed by atoms with Gasteiger partial charge in [0.25, 0.3) is 11.6 Å². The molecular weight excluding hydrogens is 246 g/mol. The van der Waals surface area contributed by atoms with Crippen LogP contribution in [0.4, 0.5) is 5.69 Å². The minimum atomic E-state index is -0.508. The molecule has 0 bridgehead atoms. The van der Waals surface area contributed by atoms with Crippen molar-refractivity contribution >= 4 is 11.6 Å². The van der Waals surface area contributed by atoms with Crippen LogP contribution in [0.3, 0.4) is 0 Å². The Bertz CT molecular complexity index is 460. The van der Waals surface area contributed by atoms with Crippen molar-refractivity contribution < 1.29 is 9.72 Å². The van der Waals surface area contributed by atoms with Crippen LogP contribution in [0.5, 0.6) is 0 Å². The van der Waals surface area contributed by atoms with Crippen LogP contribution in [-0.4, -0.2) is 42.9 Å². The summed E-state index contributed by atoms with van der Waals surface area (Å²) in [4.78, 5) is 24.0. The molecule has 19 heavy (non-hydrogen) atoms. The smallest absolute Gasteiger partial charge is 0.270 e. The van der Waals surface area contributed by atoms with Crippen LogP contribution in [0.1, 0.15) is 17.3 Å². The molecular formula is C13H19N3O3. The fraction of sp³-hybridized carbons (Fsp3) is 0.462. The Labute approximate surface area is 112 Å². The third-order valence-corrected chi connectivity index (χ3v) is 2.61. The van der Waals surface area contributed by atoms with Gasteiger partial charge in [-0.05, 0) is 26.1 Å². The van der Waals surface area contributed by atoms with E-state index in [1.54, 1.807) is 6.07 Å². The molecule has 1 aromatic carbocycles. The van der Waals surface area contributed by atoms with Gasteiger partial charge in [-0.15, -0.1) is 0 Å². The minimum Gasteiger partial charge on any atom is -0.352 e. The van der Waals surface area contributed by atoms with Crippen LogP contribution >= 0.6 is 0 Å². The standard InChI is InChI=1S/C13H19N3O3/c1-10(9-15(2)3)8-14-13(17)11-5-4-6-12(7-11)16(18)19/h4-7,10H,8-9H2,1-3H3,(H,14,17)/t10-/m1/s1. The van der Waals surface area contributed by atoms with Crippen molar-refractivity contribution in [3.05, 3.63) is 39.9 Å². The van der Waals surface area contributed by atoms with Gasteiger partial charge in [-0.2, -0.15) is 0 Å². The number of carbonyl (C=O) groups is 1. The van der Waals surface area contributed by atoms with Crippen molar-refractivity contribution in [2.24, 2.45) is 5.92 Å². The Hall–Kier alpha value is -1.95. The van der Waals surface area contributed by atoms with Gasteiger partial charge in [0.15, 0.2) is 0 Å². The highest BCUT2D eigenvalue weighted by Gasteiger charge is 2.12. The predicted molar refractivity (Wildman–Crippen MR) is 73.1 cm³/mol. The average molecular weight is 265 g/mol. The molecule has 6 heteroatoms. The molecule has 0 fully saturated rings. The molecule has 0 saturated carbocycles. The average Bonchev–Trinajstić information content (AvgIpc) is 2.35. The van der Waals surface area contributed by atoms with E-state index >= 15 is 0 Å². The maximum Gasteiger partial charge on any atom is 0.270 e. The summed E-state index contributed by atoms with van der Waals surface area (Å²) < 4.78 is 0. The van der Waals surface area contributed by atoms with E-state index in [1.807, 2.05) is 25.9 Å². The van der Waals surface area contributed by atoms with E-state index in [2.05, 4.69) is 5.32 Å². The first-order valence-electron chi connectivity index (χ1n) is 6.07. The molecule has 6 nitrogen and oxygen atoms in total. The Balaban J connectivity index is 2.58. The van der Waals surface area contributed by atoms with Crippen LogP contribution in [0, 0.1) is 16.0 Å². The van der Waals surface area contributed by atoms with Gasteiger partial charge in [-0.1, -0.05) is 13.0 Å². The van der Waals surface area contributed by atoms with Gasteiger partial charge in [0.05, 0.1) is 4.92 Å². The number of nitrogens with zero attached hydrogens (tertiary/aromatic N) is 2. The number of nitro groups is 1. The van der Waals surface area contributed by atoms with Crippen molar-refractivity contribution in [1.29, 1.82) is 0 Å². The lowest BCUT2D eigenvalue weighted by molar-refractivity contribution is -0.384. The third kappa shape index (κ3) is 5.05. The highest BCUT2D eigenvalue weighted by atomic mass is 16.6. The summed E-state index contributed by atoms with van der Waals surface area (Å²) in [6.45, 7) is 3.45. The lowest BCUT2D eigenvalue weighted by Gasteiger charge is -2.17. The maximum atomic E-state index is 11.9. The van der Waals surface area contributed by atoms with E-state index < -0.39 is 4.92 Å². The molecule has 0 spiro atoms. The van der Waals surface area contributed by atoms with Crippen LogP contribution < -0.4 is 5.32 Å². The van der Waals surface area contributed by atoms with Crippen molar-refractivity contribution in [3.8, 4) is 0 Å². The molecule has 1 rings (SSSR count). The first kappa shape index (κ1) is 15.1. The summed E-state index contributed by atoms with van der Waals surface area (Å²) in [5.41, 5.74) is 0.236. The number of amides is 1. The second kappa shape index (κ2) is 6.84. The predicted octanol–water partition coefficient (Wildman–Crippen LogP) is 1.52. The number of nitrogens with one attached hydrogen (secondary N) is 1. The summed E-state index contributed by atoms with van der Waals surface area (Å²) in [5.74, 6) is 0.0342. The topological polar surface area (TPSA) is 75.5 Å². The third-order valence-electron chi connectivity index (χ3n) is 2.61. The lowest BCUT2D eigenvalue weighted by Crippen LogP contribution is -2.32. The molecule has 104 valence electrons. The zero-order valence-electron chi connectivity index (χ0n) is 11.4. The summed E-state index contributed by atoms with van der Waals surface area (Å²) in [5, 5.41) is 13.4. The van der Waals surface area contributed by atoms with Gasteiger partial charge >= 0.3 is 0 Å². The van der Waals surface area contributed by atoms with Gasteiger partial charge < -0.3 is 10.2 Å². The molecule has 0 aliphatic carbocycles. The maximum absolute atomic E-state index is 11.9. The lowest BCUT2D eigenvalue weighted by atomic mass is 10.1. The zero-order valence-corrected chi connectivity index (χ0v) is 11.4. The zero-order chi connectivity index (χ0) is 14.4. The number of rotatable bonds is 6. The molecule has 1 aromatic rings. The number of benzene rings is 1. The largest absolute Gasteiger partial charge is 0.352 e. The Kier molecular flexibility index (Phi) is 5.44. The van der Waals surface area contributed by atoms with Crippen LogP contribution in [0.2, 0.25) is 0 Å². The quantitative estimate of drug-likeness (QED) is 0.625. The van der Waals surface area contributed by atoms with Crippen molar-refractivity contribution in [2.75, 3.05) is 27.2 Å². The van der Waals surface area contributed by atoms with E-state index in [0.717, 1.165) is 6.54 Å². The molecule has 1 amide bonds. The second-order valence-corrected chi connectivity index (χ2v) is 4.88. The number of carbonyl (C=O) groups excluding carboxylic acids is 1. The molecule has 0 radical (unpaired) electrons. The molecule has 1 atom stereocenters. The number of hydrogen-bond acceptors (Lipinski definition) is 4. The SMILES string of the molecule is C[C@H](CNC(=O)c1cccc([N+](=O)[O-])c1)CN(C)C. The van der Waals surface area contributed by atoms with Crippen LogP contribution in [0.15, 0.2) is 24.3 Å². The van der Waals surface area contributed by atoms with Gasteiger partial charge in [0.1, 0.15) is 0 Å². The highest BCUT2D eigenvalue weighted by molar-refractivity contribution is 5.94. The van der Waals surface area contributed by atoms with E-state index in [9.17, 15) is 14.9 Å². The van der Waals surface area contributed by atoms with E-state index in [1.165, 1.54) is 18.2 Å². The summed E-state index contributed by atoms with van der Waals surface area (Å²) >= 11 is 0. The molecule has 1 N–H and O–H groups in total. The summed E-state index contributed by atoms with van der Waals surface area (Å²) in [6.07, 6.45) is 0. The number of hydrogen-bond donors (Lipinski definition) is 1. The number of nitro benzene ring substituents is 1. The highest BCUT2D eigenvalue weighted by Crippen LogP contribution is 2.12. The van der Waals surface area contributed by atoms with Gasteiger partial charge in [0.2, 0.25) is 0 Å². The Morgan fingerprint density at radius 1 is 1.47 bits per heavy atom. The monoisotopic (exact) mass is 265 g/mol. The molecule has 0 aromatic heterocycles. The van der Waals surface area contributed by atoms with Gasteiger partial charge in [-0.3, -0.25) is 14.9 Å². The first-order chi connectivity index (χ1) is 8.90. The van der Waals surface area contributed by atoms with Crippen LogP contribution in [-0.2, 0) is 0 Å². The van der Waals surface area contributed by atoms with E-state index in [0.29, 0.717) is 18.0 Å². The Morgan fingerprint density at radius 3 is 2.74 bits per heavy atom. The van der Waals surface area contributed by atoms with Gasteiger partial charge in [-0.25, -0.2) is 0 Å². The fourth-order valence-electron chi connectivity index (χ4n) is 1.82. The molecule has 0 aliphatic rings. The van der Waals surface area contributed by atoms with E-state index in [-0.39, 0.29) is 11.6 Å².